The number of nitrogens with one attached hydrogen (secondary N) is 1. The molecular weight excluding hydrogens is 201 g/mol. The molecule has 1 aliphatic rings. The summed E-state index contributed by atoms with van der Waals surface area (Å²) in [6, 6.07) is 0. The van der Waals surface area contributed by atoms with Crippen LogP contribution in [0.25, 0.3) is 0 Å². The van der Waals surface area contributed by atoms with E-state index >= 15 is 0 Å². The van der Waals surface area contributed by atoms with Crippen LogP contribution in [0.5, 0.6) is 0 Å². The fraction of sp³-hybridized carbons (Fsp3) is 0.375. The molecule has 1 aliphatic heterocycles. The highest BCUT2D eigenvalue weighted by Crippen LogP contribution is 2.16. The summed E-state index contributed by atoms with van der Waals surface area (Å²) < 4.78 is 13.3. The van der Waals surface area contributed by atoms with Gasteiger partial charge in [0.15, 0.2) is 11.6 Å². The Hall–Kier alpha value is -1.92. The molecule has 0 aliphatic carbocycles. The van der Waals surface area contributed by atoms with E-state index in [4.69, 9.17) is 5.73 Å². The van der Waals surface area contributed by atoms with Crippen molar-refractivity contribution in [1.29, 1.82) is 0 Å². The number of piperazine rings is 1. The van der Waals surface area contributed by atoms with Gasteiger partial charge in [-0.15, -0.1) is 0 Å². The molecule has 3 N–H and O–H groups in total. The number of nitrogens with two attached hydrogens (primary N) is 1. The molecule has 0 radical (unpaired) electrons. The topological polar surface area (TPSA) is 84.1 Å². The van der Waals surface area contributed by atoms with E-state index in [1.54, 1.807) is 0 Å². The van der Waals surface area contributed by atoms with E-state index in [0.717, 1.165) is 6.20 Å². The molecule has 2 rings (SSSR count). The van der Waals surface area contributed by atoms with E-state index in [0.29, 0.717) is 13.1 Å². The molecule has 0 spiro atoms. The maximum absolute atomic E-state index is 13.3. The first-order chi connectivity index (χ1) is 7.16. The average Bonchev–Trinajstić information content (AvgIpc) is 2.22. The lowest BCUT2D eigenvalue weighted by Crippen LogP contribution is -2.48. The smallest absolute Gasteiger partial charge is 0.239 e. The van der Waals surface area contributed by atoms with E-state index in [-0.39, 0.29) is 24.2 Å². The van der Waals surface area contributed by atoms with Crippen LogP contribution in [0.15, 0.2) is 6.20 Å². The van der Waals surface area contributed by atoms with Gasteiger partial charge in [-0.25, -0.2) is 9.37 Å². The van der Waals surface area contributed by atoms with Gasteiger partial charge in [0, 0.05) is 13.1 Å². The van der Waals surface area contributed by atoms with Gasteiger partial charge in [-0.05, 0) is 0 Å². The zero-order valence-corrected chi connectivity index (χ0v) is 7.90. The van der Waals surface area contributed by atoms with Crippen LogP contribution in [0.1, 0.15) is 0 Å². The first kappa shape index (κ1) is 9.63. The van der Waals surface area contributed by atoms with Gasteiger partial charge in [0.25, 0.3) is 0 Å². The molecule has 0 atom stereocenters. The van der Waals surface area contributed by atoms with E-state index in [1.807, 2.05) is 0 Å². The van der Waals surface area contributed by atoms with Crippen LogP contribution in [0.2, 0.25) is 0 Å². The molecular formula is C8H10FN5O. The molecule has 6 nitrogen and oxygen atoms in total. The minimum absolute atomic E-state index is 0.00242. The summed E-state index contributed by atoms with van der Waals surface area (Å²) in [5.74, 6) is -0.647. The molecule has 1 amide bonds. The Morgan fingerprint density at radius 1 is 1.60 bits per heavy atom. The van der Waals surface area contributed by atoms with Gasteiger partial charge in [-0.1, -0.05) is 0 Å². The molecule has 80 valence electrons. The average molecular weight is 211 g/mol. The maximum Gasteiger partial charge on any atom is 0.239 e. The van der Waals surface area contributed by atoms with Gasteiger partial charge in [0.2, 0.25) is 11.9 Å². The number of hydrogen-bond acceptors (Lipinski definition) is 5. The Morgan fingerprint density at radius 2 is 2.40 bits per heavy atom. The van der Waals surface area contributed by atoms with E-state index in [1.165, 1.54) is 4.90 Å². The number of nitrogens with zero attached hydrogens (tertiary/aromatic N) is 3. The van der Waals surface area contributed by atoms with Gasteiger partial charge >= 0.3 is 0 Å². The second-order valence-electron chi connectivity index (χ2n) is 3.17. The van der Waals surface area contributed by atoms with Crippen LogP contribution >= 0.6 is 0 Å². The van der Waals surface area contributed by atoms with E-state index in [9.17, 15) is 9.18 Å². The zero-order chi connectivity index (χ0) is 10.8. The Kier molecular flexibility index (Phi) is 2.36. The SMILES string of the molecule is Nc1ncc(F)c(N2CCNC(=O)C2)n1. The highest BCUT2D eigenvalue weighted by atomic mass is 19.1. The number of hydrogen-bond donors (Lipinski definition) is 2. The van der Waals surface area contributed by atoms with Gasteiger partial charge in [-0.2, -0.15) is 4.98 Å². The number of carbonyl (C=O) groups excluding carboxylic acids is 1. The molecule has 0 bridgehead atoms. The number of rotatable bonds is 1. The Bertz CT molecular complexity index is 397. The van der Waals surface area contributed by atoms with E-state index < -0.39 is 5.82 Å². The summed E-state index contributed by atoms with van der Waals surface area (Å²) in [6.07, 6.45) is 1.00. The van der Waals surface area contributed by atoms with Gasteiger partial charge in [0.1, 0.15) is 0 Å². The summed E-state index contributed by atoms with van der Waals surface area (Å²) in [7, 11) is 0. The van der Waals surface area contributed by atoms with Crippen LogP contribution in [-0.4, -0.2) is 35.5 Å². The first-order valence-electron chi connectivity index (χ1n) is 4.46. The number of nitrogen functional groups attached to an aromatic ring is 1. The molecule has 0 saturated carbocycles. The molecule has 1 fully saturated rings. The van der Waals surface area contributed by atoms with Gasteiger partial charge in [0.05, 0.1) is 12.7 Å². The summed E-state index contributed by atoms with van der Waals surface area (Å²) >= 11 is 0. The Labute approximate surface area is 85.3 Å². The van der Waals surface area contributed by atoms with Gasteiger partial charge in [-0.3, -0.25) is 4.79 Å². The first-order valence-corrected chi connectivity index (χ1v) is 4.46. The quantitative estimate of drug-likeness (QED) is 0.631. The third kappa shape index (κ3) is 1.95. The highest BCUT2D eigenvalue weighted by Gasteiger charge is 2.20. The second-order valence-corrected chi connectivity index (χ2v) is 3.17. The molecule has 7 heteroatoms. The largest absolute Gasteiger partial charge is 0.368 e. The van der Waals surface area contributed by atoms with Crippen LogP contribution in [0, 0.1) is 5.82 Å². The predicted molar refractivity (Wildman–Crippen MR) is 51.6 cm³/mol. The van der Waals surface area contributed by atoms with Crippen LogP contribution < -0.4 is 16.0 Å². The molecule has 1 aromatic rings. The standard InChI is InChI=1S/C8H10FN5O/c9-5-3-12-8(10)13-7(5)14-2-1-11-6(15)4-14/h3H,1-2,4H2,(H,11,15)(H2,10,12,13). The number of aromatic nitrogens is 2. The fourth-order valence-corrected chi connectivity index (χ4v) is 1.41. The molecule has 0 unspecified atom stereocenters. The Morgan fingerprint density at radius 3 is 3.13 bits per heavy atom. The lowest BCUT2D eigenvalue weighted by Gasteiger charge is -2.27. The predicted octanol–water partition coefficient (Wildman–Crippen LogP) is -0.866. The van der Waals surface area contributed by atoms with Crippen molar-refractivity contribution in [3.05, 3.63) is 12.0 Å². The van der Waals surface area contributed by atoms with Gasteiger partial charge < -0.3 is 16.0 Å². The van der Waals surface area contributed by atoms with Crippen LogP contribution in [0.4, 0.5) is 16.2 Å². The lowest BCUT2D eigenvalue weighted by atomic mass is 10.3. The van der Waals surface area contributed by atoms with Crippen molar-refractivity contribution in [3.8, 4) is 0 Å². The number of anilines is 2. The summed E-state index contributed by atoms with van der Waals surface area (Å²) in [6.45, 7) is 1.08. The third-order valence-electron chi connectivity index (χ3n) is 2.08. The summed E-state index contributed by atoms with van der Waals surface area (Å²) in [5, 5.41) is 2.64. The summed E-state index contributed by atoms with van der Waals surface area (Å²) in [4.78, 5) is 19.9. The van der Waals surface area contributed by atoms with E-state index in [2.05, 4.69) is 15.3 Å². The van der Waals surface area contributed by atoms with Crippen molar-refractivity contribution in [2.75, 3.05) is 30.3 Å². The van der Waals surface area contributed by atoms with Crippen molar-refractivity contribution in [3.63, 3.8) is 0 Å². The summed E-state index contributed by atoms with van der Waals surface area (Å²) in [5.41, 5.74) is 5.35. The fourth-order valence-electron chi connectivity index (χ4n) is 1.41. The third-order valence-corrected chi connectivity index (χ3v) is 2.08. The monoisotopic (exact) mass is 211 g/mol. The second kappa shape index (κ2) is 3.68. The zero-order valence-electron chi connectivity index (χ0n) is 7.90. The Balaban J connectivity index is 2.27. The van der Waals surface area contributed by atoms with Crippen molar-refractivity contribution in [2.45, 2.75) is 0 Å². The lowest BCUT2D eigenvalue weighted by molar-refractivity contribution is -0.120. The number of halogens is 1. The van der Waals surface area contributed by atoms with Crippen molar-refractivity contribution < 1.29 is 9.18 Å². The number of amides is 1. The van der Waals surface area contributed by atoms with Crippen molar-refractivity contribution in [1.82, 2.24) is 15.3 Å². The normalized spacial score (nSPS) is 16.3. The minimum atomic E-state index is -0.570. The molecule has 2 heterocycles. The maximum atomic E-state index is 13.3. The van der Waals surface area contributed by atoms with Crippen molar-refractivity contribution >= 4 is 17.7 Å². The molecule has 15 heavy (non-hydrogen) atoms. The molecule has 1 saturated heterocycles. The van der Waals surface area contributed by atoms with Crippen LogP contribution in [0.3, 0.4) is 0 Å². The molecule has 0 aromatic carbocycles. The van der Waals surface area contributed by atoms with Crippen molar-refractivity contribution in [2.24, 2.45) is 0 Å². The number of carbonyl (C=O) groups is 1. The highest BCUT2D eigenvalue weighted by molar-refractivity contribution is 5.82. The minimum Gasteiger partial charge on any atom is -0.368 e. The molecule has 1 aromatic heterocycles. The van der Waals surface area contributed by atoms with Crippen LogP contribution in [-0.2, 0) is 4.79 Å².